The van der Waals surface area contributed by atoms with Gasteiger partial charge >= 0.3 is 0 Å². The molecular formula is C12H23N5O2. The first-order chi connectivity index (χ1) is 8.86. The Morgan fingerprint density at radius 2 is 2.00 bits per heavy atom. The van der Waals surface area contributed by atoms with Gasteiger partial charge in [-0.2, -0.15) is 0 Å². The van der Waals surface area contributed by atoms with Crippen LogP contribution in [0.25, 0.3) is 0 Å². The molecule has 0 amide bonds. The SMILES string of the molecule is COCC(O)CNc1cc(NN)nc(C(C)(C)C)n1. The number of hydrogen-bond acceptors (Lipinski definition) is 7. The number of anilines is 2. The highest BCUT2D eigenvalue weighted by atomic mass is 16.5. The van der Waals surface area contributed by atoms with Gasteiger partial charge in [0.25, 0.3) is 0 Å². The molecule has 0 saturated carbocycles. The van der Waals surface area contributed by atoms with Crippen molar-refractivity contribution in [3.63, 3.8) is 0 Å². The molecule has 0 aliphatic rings. The lowest BCUT2D eigenvalue weighted by atomic mass is 9.96. The van der Waals surface area contributed by atoms with Crippen molar-refractivity contribution in [1.29, 1.82) is 0 Å². The highest BCUT2D eigenvalue weighted by Crippen LogP contribution is 2.21. The van der Waals surface area contributed by atoms with Crippen LogP contribution >= 0.6 is 0 Å². The summed E-state index contributed by atoms with van der Waals surface area (Å²) in [6, 6.07) is 1.69. The van der Waals surface area contributed by atoms with E-state index in [0.717, 1.165) is 0 Å². The first-order valence-corrected chi connectivity index (χ1v) is 6.14. The minimum atomic E-state index is -0.590. The quantitative estimate of drug-likeness (QED) is 0.439. The van der Waals surface area contributed by atoms with Crippen molar-refractivity contribution in [3.05, 3.63) is 11.9 Å². The van der Waals surface area contributed by atoms with Gasteiger partial charge in [-0.05, 0) is 0 Å². The summed E-state index contributed by atoms with van der Waals surface area (Å²) < 4.78 is 4.86. The van der Waals surface area contributed by atoms with Gasteiger partial charge < -0.3 is 20.6 Å². The zero-order valence-corrected chi connectivity index (χ0v) is 11.9. The zero-order valence-electron chi connectivity index (χ0n) is 11.9. The van der Waals surface area contributed by atoms with E-state index < -0.39 is 6.10 Å². The minimum absolute atomic E-state index is 0.186. The van der Waals surface area contributed by atoms with E-state index in [4.69, 9.17) is 10.6 Å². The molecule has 0 saturated heterocycles. The molecule has 0 spiro atoms. The van der Waals surface area contributed by atoms with Crippen LogP contribution in [0, 0.1) is 0 Å². The Labute approximate surface area is 113 Å². The molecule has 0 bridgehead atoms. The molecule has 1 aromatic heterocycles. The molecule has 19 heavy (non-hydrogen) atoms. The van der Waals surface area contributed by atoms with Gasteiger partial charge in [0.05, 0.1) is 12.7 Å². The first kappa shape index (κ1) is 15.6. The zero-order chi connectivity index (χ0) is 14.5. The number of methoxy groups -OCH3 is 1. The van der Waals surface area contributed by atoms with Crippen molar-refractivity contribution in [2.45, 2.75) is 32.3 Å². The highest BCUT2D eigenvalue weighted by Gasteiger charge is 2.19. The van der Waals surface area contributed by atoms with Gasteiger partial charge in [-0.3, -0.25) is 0 Å². The molecule has 0 aliphatic carbocycles. The summed E-state index contributed by atoms with van der Waals surface area (Å²) in [4.78, 5) is 8.73. The van der Waals surface area contributed by atoms with Crippen LogP contribution in [0.3, 0.4) is 0 Å². The number of rotatable bonds is 6. The fourth-order valence-electron chi connectivity index (χ4n) is 1.42. The van der Waals surface area contributed by atoms with Crippen molar-refractivity contribution >= 4 is 11.6 Å². The topological polar surface area (TPSA) is 105 Å². The molecule has 1 rings (SSSR count). The number of nitrogens with two attached hydrogens (primary N) is 1. The summed E-state index contributed by atoms with van der Waals surface area (Å²) in [5.41, 5.74) is 2.33. The van der Waals surface area contributed by atoms with Gasteiger partial charge in [0.1, 0.15) is 17.5 Å². The van der Waals surface area contributed by atoms with Crippen molar-refractivity contribution in [2.24, 2.45) is 5.84 Å². The third kappa shape index (κ3) is 4.98. The molecule has 7 heteroatoms. The fourth-order valence-corrected chi connectivity index (χ4v) is 1.42. The normalized spacial score (nSPS) is 13.2. The molecular weight excluding hydrogens is 246 g/mol. The van der Waals surface area contributed by atoms with Crippen LogP contribution in [0.1, 0.15) is 26.6 Å². The van der Waals surface area contributed by atoms with Crippen LogP contribution in [0.4, 0.5) is 11.6 Å². The van der Waals surface area contributed by atoms with E-state index >= 15 is 0 Å². The van der Waals surface area contributed by atoms with Crippen LogP contribution in [0.15, 0.2) is 6.07 Å². The summed E-state index contributed by atoms with van der Waals surface area (Å²) >= 11 is 0. The Bertz CT molecular complexity index is 406. The van der Waals surface area contributed by atoms with E-state index in [9.17, 15) is 5.11 Å². The maximum absolute atomic E-state index is 9.59. The van der Waals surface area contributed by atoms with Gasteiger partial charge in [-0.1, -0.05) is 20.8 Å². The second-order valence-electron chi connectivity index (χ2n) is 5.35. The number of aliphatic hydroxyl groups excluding tert-OH is 1. The molecule has 0 aromatic carbocycles. The minimum Gasteiger partial charge on any atom is -0.389 e. The second kappa shape index (κ2) is 6.65. The summed E-state index contributed by atoms with van der Waals surface area (Å²) in [6.45, 7) is 6.68. The number of aliphatic hydroxyl groups is 1. The average Bonchev–Trinajstić information content (AvgIpc) is 2.35. The van der Waals surface area contributed by atoms with Gasteiger partial charge in [0.2, 0.25) is 0 Å². The number of aromatic nitrogens is 2. The van der Waals surface area contributed by atoms with E-state index in [1.54, 1.807) is 13.2 Å². The van der Waals surface area contributed by atoms with Crippen molar-refractivity contribution in [1.82, 2.24) is 9.97 Å². The molecule has 0 fully saturated rings. The molecule has 108 valence electrons. The Hall–Kier alpha value is -1.44. The first-order valence-electron chi connectivity index (χ1n) is 6.14. The van der Waals surface area contributed by atoms with E-state index in [1.807, 2.05) is 20.8 Å². The molecule has 1 heterocycles. The van der Waals surface area contributed by atoms with Crippen LogP contribution in [-0.4, -0.2) is 41.4 Å². The number of hydrazine groups is 1. The number of nitrogens with one attached hydrogen (secondary N) is 2. The smallest absolute Gasteiger partial charge is 0.145 e. The standard InChI is InChI=1S/C12H23N5O2/c1-12(2,3)11-15-9(5-10(16-11)17-13)14-6-8(18)7-19-4/h5,8,18H,6-7,13H2,1-4H3,(H2,14,15,16,17). The van der Waals surface area contributed by atoms with E-state index in [-0.39, 0.29) is 12.0 Å². The Balaban J connectivity index is 2.83. The fraction of sp³-hybridized carbons (Fsp3) is 0.667. The summed E-state index contributed by atoms with van der Waals surface area (Å²) in [7, 11) is 1.54. The second-order valence-corrected chi connectivity index (χ2v) is 5.35. The van der Waals surface area contributed by atoms with Crippen LogP contribution < -0.4 is 16.6 Å². The third-order valence-corrected chi connectivity index (χ3v) is 2.42. The van der Waals surface area contributed by atoms with Gasteiger partial charge in [-0.15, -0.1) is 0 Å². The maximum atomic E-state index is 9.59. The number of ether oxygens (including phenoxy) is 1. The molecule has 7 nitrogen and oxygen atoms in total. The molecule has 1 atom stereocenters. The van der Waals surface area contributed by atoms with Gasteiger partial charge in [0, 0.05) is 25.1 Å². The highest BCUT2D eigenvalue weighted by molar-refractivity contribution is 5.47. The van der Waals surface area contributed by atoms with Crippen molar-refractivity contribution in [2.75, 3.05) is 31.0 Å². The van der Waals surface area contributed by atoms with E-state index in [1.165, 1.54) is 0 Å². The third-order valence-electron chi connectivity index (χ3n) is 2.42. The molecule has 5 N–H and O–H groups in total. The van der Waals surface area contributed by atoms with Crippen molar-refractivity contribution < 1.29 is 9.84 Å². The van der Waals surface area contributed by atoms with Crippen LogP contribution in [-0.2, 0) is 10.2 Å². The monoisotopic (exact) mass is 269 g/mol. The lowest BCUT2D eigenvalue weighted by Crippen LogP contribution is -2.26. The Morgan fingerprint density at radius 1 is 1.37 bits per heavy atom. The van der Waals surface area contributed by atoms with Gasteiger partial charge in [0.15, 0.2) is 0 Å². The Morgan fingerprint density at radius 3 is 2.53 bits per heavy atom. The number of nitrogen functional groups attached to an aromatic ring is 1. The summed E-state index contributed by atoms with van der Waals surface area (Å²) in [5.74, 6) is 7.22. The molecule has 1 aromatic rings. The van der Waals surface area contributed by atoms with Crippen LogP contribution in [0.2, 0.25) is 0 Å². The Kier molecular flexibility index (Phi) is 5.46. The average molecular weight is 269 g/mol. The van der Waals surface area contributed by atoms with E-state index in [0.29, 0.717) is 24.0 Å². The van der Waals surface area contributed by atoms with Gasteiger partial charge in [-0.25, -0.2) is 15.8 Å². The molecule has 0 aliphatic heterocycles. The number of nitrogens with zero attached hydrogens (tertiary/aromatic N) is 2. The van der Waals surface area contributed by atoms with E-state index in [2.05, 4.69) is 20.7 Å². The summed E-state index contributed by atoms with van der Waals surface area (Å²) in [5, 5.41) is 12.6. The summed E-state index contributed by atoms with van der Waals surface area (Å²) in [6.07, 6.45) is -0.590. The largest absolute Gasteiger partial charge is 0.389 e. The lowest BCUT2D eigenvalue weighted by molar-refractivity contribution is 0.0727. The number of hydrogen-bond donors (Lipinski definition) is 4. The lowest BCUT2D eigenvalue weighted by Gasteiger charge is -2.19. The molecule has 1 unspecified atom stereocenters. The molecule has 0 radical (unpaired) electrons. The predicted molar refractivity (Wildman–Crippen MR) is 74.9 cm³/mol. The van der Waals surface area contributed by atoms with Crippen LogP contribution in [0.5, 0.6) is 0 Å². The maximum Gasteiger partial charge on any atom is 0.145 e. The predicted octanol–water partition coefficient (Wildman–Crippen LogP) is 0.479. The van der Waals surface area contributed by atoms with Crippen molar-refractivity contribution in [3.8, 4) is 0 Å².